The number of fused-ring (bicyclic) bond motifs is 2. The van der Waals surface area contributed by atoms with E-state index in [0.717, 1.165) is 58.5 Å². The summed E-state index contributed by atoms with van der Waals surface area (Å²) in [4.78, 5) is 0. The van der Waals surface area contributed by atoms with Crippen LogP contribution >= 0.6 is 58.8 Å². The predicted octanol–water partition coefficient (Wildman–Crippen LogP) is 12.5. The fraction of sp³-hybridized carbons (Fsp3) is 1.00. The summed E-state index contributed by atoms with van der Waals surface area (Å²) in [5, 5.41) is 0.990. The maximum Gasteiger partial charge on any atom is 0.00473 e. The molecule has 13 fully saturated rings. The zero-order valence-electron chi connectivity index (χ0n) is 28.3. The highest BCUT2D eigenvalue weighted by Crippen LogP contribution is 2.41. The van der Waals surface area contributed by atoms with Gasteiger partial charge in [-0.2, -0.15) is 58.8 Å². The number of thioether (sulfide) groups is 5. The van der Waals surface area contributed by atoms with Gasteiger partial charge in [0.05, 0.1) is 0 Å². The van der Waals surface area contributed by atoms with Crippen LogP contribution in [0.3, 0.4) is 0 Å². The van der Waals surface area contributed by atoms with Crippen molar-refractivity contribution in [1.82, 2.24) is 0 Å². The first-order chi connectivity index (χ1) is 21.7. The molecule has 0 atom stereocenters. The molecule has 0 aromatic heterocycles. The van der Waals surface area contributed by atoms with Gasteiger partial charge in [0.15, 0.2) is 0 Å². The van der Waals surface area contributed by atoms with E-state index in [9.17, 15) is 0 Å². The smallest absolute Gasteiger partial charge is 0.00473 e. The van der Waals surface area contributed by atoms with E-state index in [-0.39, 0.29) is 0 Å². The summed E-state index contributed by atoms with van der Waals surface area (Å²) in [5.74, 6) is 22.6. The van der Waals surface area contributed by atoms with Crippen molar-refractivity contribution >= 4 is 58.8 Å². The van der Waals surface area contributed by atoms with Gasteiger partial charge in [-0.15, -0.1) is 0 Å². The van der Waals surface area contributed by atoms with Gasteiger partial charge in [0, 0.05) is 5.25 Å². The third-order valence-corrected chi connectivity index (χ3v) is 20.3. The largest absolute Gasteiger partial charge is 0.161 e. The van der Waals surface area contributed by atoms with Gasteiger partial charge in [0.25, 0.3) is 0 Å². The second-order valence-corrected chi connectivity index (χ2v) is 22.3. The summed E-state index contributed by atoms with van der Waals surface area (Å²) in [6.07, 6.45) is 30.7. The summed E-state index contributed by atoms with van der Waals surface area (Å²) in [6.45, 7) is 0. The van der Waals surface area contributed by atoms with Crippen molar-refractivity contribution in [2.24, 2.45) is 53.3 Å². The van der Waals surface area contributed by atoms with Gasteiger partial charge in [0.2, 0.25) is 0 Å². The fourth-order valence-corrected chi connectivity index (χ4v) is 17.0. The monoisotopic (exact) mass is 696 g/mol. The quantitative estimate of drug-likeness (QED) is 0.246. The Morgan fingerprint density at radius 2 is 0.386 bits per heavy atom. The first-order valence-electron chi connectivity index (χ1n) is 19.7. The van der Waals surface area contributed by atoms with E-state index in [0.29, 0.717) is 0 Å². The third kappa shape index (κ3) is 12.3. The molecule has 8 saturated heterocycles. The highest BCUT2D eigenvalue weighted by molar-refractivity contribution is 8.00. The Kier molecular flexibility index (Phi) is 16.0. The lowest BCUT2D eigenvalue weighted by Crippen LogP contribution is -2.23. The number of rotatable bonds is 0. The van der Waals surface area contributed by atoms with E-state index in [1.165, 1.54) is 180 Å². The fourth-order valence-electron chi connectivity index (χ4n) is 9.60. The van der Waals surface area contributed by atoms with E-state index in [4.69, 9.17) is 0 Å². The van der Waals surface area contributed by atoms with Crippen LogP contribution in [0.15, 0.2) is 0 Å². The lowest BCUT2D eigenvalue weighted by Gasteiger charge is -2.33. The Bertz CT molecular complexity index is 686. The van der Waals surface area contributed by atoms with Gasteiger partial charge in [-0.05, 0) is 233 Å². The van der Waals surface area contributed by atoms with E-state index >= 15 is 0 Å². The van der Waals surface area contributed by atoms with Crippen LogP contribution in [0.2, 0.25) is 0 Å². The zero-order chi connectivity index (χ0) is 29.8. The Hall–Kier alpha value is 1.75. The second kappa shape index (κ2) is 19.8. The van der Waals surface area contributed by atoms with E-state index in [2.05, 4.69) is 58.8 Å². The van der Waals surface area contributed by atoms with Gasteiger partial charge in [-0.3, -0.25) is 0 Å². The molecule has 0 aromatic carbocycles. The van der Waals surface area contributed by atoms with Gasteiger partial charge in [0.1, 0.15) is 0 Å². The lowest BCUT2D eigenvalue weighted by atomic mass is 9.84. The Morgan fingerprint density at radius 3 is 0.614 bits per heavy atom. The highest BCUT2D eigenvalue weighted by atomic mass is 32.2. The molecule has 0 amide bonds. The zero-order valence-corrected chi connectivity index (χ0v) is 32.4. The minimum absolute atomic E-state index is 0.990. The van der Waals surface area contributed by atoms with Crippen LogP contribution in [0.5, 0.6) is 0 Å². The third-order valence-electron chi connectivity index (χ3n) is 13.1. The molecule has 254 valence electrons. The second-order valence-electron chi connectivity index (χ2n) is 16.7. The first-order valence-corrected chi connectivity index (χ1v) is 25.3. The molecular weight excluding hydrogens is 629 g/mol. The Labute approximate surface area is 295 Å². The molecule has 0 unspecified atom stereocenters. The maximum absolute atomic E-state index is 2.39. The van der Waals surface area contributed by atoms with Crippen molar-refractivity contribution in [2.45, 2.75) is 134 Å². The van der Waals surface area contributed by atoms with Crippen molar-refractivity contribution in [3.8, 4) is 0 Å². The summed E-state index contributed by atoms with van der Waals surface area (Å²) in [7, 11) is 0. The molecule has 13 aliphatic rings. The van der Waals surface area contributed by atoms with Crippen LogP contribution in [-0.2, 0) is 0 Å². The molecule has 0 radical (unpaired) electrons. The molecule has 5 aliphatic carbocycles. The van der Waals surface area contributed by atoms with Gasteiger partial charge in [-0.25, -0.2) is 0 Å². The minimum Gasteiger partial charge on any atom is -0.161 e. The summed E-state index contributed by atoms with van der Waals surface area (Å²) in [6, 6.07) is 0. The molecule has 13 rings (SSSR count). The SMILES string of the molecule is C1CC2CCC1CSCC1CCC(CC1)CSCC1CCC(CC1)CSC1CCC(CC1)CSCC1CCC(CC1)CSC2. The van der Waals surface area contributed by atoms with Crippen LogP contribution < -0.4 is 0 Å². The molecule has 0 N–H and O–H groups in total. The average molecular weight is 697 g/mol. The van der Waals surface area contributed by atoms with Crippen LogP contribution in [0.1, 0.15) is 128 Å². The van der Waals surface area contributed by atoms with Gasteiger partial charge in [-0.1, -0.05) is 0 Å². The molecule has 10 bridgehead atoms. The summed E-state index contributed by atoms with van der Waals surface area (Å²) in [5.41, 5.74) is 0. The number of hydrogen-bond donors (Lipinski definition) is 0. The van der Waals surface area contributed by atoms with Crippen LogP contribution in [-0.4, -0.2) is 57.0 Å². The molecule has 5 saturated carbocycles. The van der Waals surface area contributed by atoms with E-state index in [1.54, 1.807) is 0 Å². The van der Waals surface area contributed by atoms with Crippen LogP contribution in [0.25, 0.3) is 0 Å². The summed E-state index contributed by atoms with van der Waals surface area (Å²) >= 11 is 11.8. The van der Waals surface area contributed by atoms with Crippen molar-refractivity contribution < 1.29 is 0 Å². The molecule has 8 aliphatic heterocycles. The van der Waals surface area contributed by atoms with Crippen molar-refractivity contribution in [3.63, 3.8) is 0 Å². The predicted molar refractivity (Wildman–Crippen MR) is 209 cm³/mol. The molecule has 5 heteroatoms. The van der Waals surface area contributed by atoms with E-state index in [1.807, 2.05) is 0 Å². The van der Waals surface area contributed by atoms with Crippen molar-refractivity contribution in [2.75, 3.05) is 51.8 Å². The molecule has 0 aromatic rings. The molecular formula is C39H68S5. The summed E-state index contributed by atoms with van der Waals surface area (Å²) < 4.78 is 0. The van der Waals surface area contributed by atoms with Crippen molar-refractivity contribution in [1.29, 1.82) is 0 Å². The molecule has 0 spiro atoms. The Balaban J connectivity index is 0.914. The van der Waals surface area contributed by atoms with Gasteiger partial charge < -0.3 is 0 Å². The molecule has 8 heterocycles. The first kappa shape index (κ1) is 35.6. The Morgan fingerprint density at radius 1 is 0.205 bits per heavy atom. The molecule has 0 nitrogen and oxygen atoms in total. The van der Waals surface area contributed by atoms with Crippen LogP contribution in [0, 0.1) is 53.3 Å². The van der Waals surface area contributed by atoms with E-state index < -0.39 is 0 Å². The van der Waals surface area contributed by atoms with Crippen molar-refractivity contribution in [3.05, 3.63) is 0 Å². The maximum atomic E-state index is 2.39. The topological polar surface area (TPSA) is 0 Å². The normalized spacial score (nSPS) is 43.1. The lowest BCUT2D eigenvalue weighted by molar-refractivity contribution is 0.307. The average Bonchev–Trinajstić information content (AvgIpc) is 3.07. The van der Waals surface area contributed by atoms with Crippen LogP contribution in [0.4, 0.5) is 0 Å². The minimum atomic E-state index is 0.990. The number of hydrogen-bond acceptors (Lipinski definition) is 5. The standard InChI is InChI=1S/C39H68S5/c1-3-31-4-2-30(1)21-40-23-32-5-7-34(8-6-32)25-42-27-36-13-15-38(16-14-36)29-44-39-19-17-37(18-20-39)28-43-26-35-11-9-33(10-12-35)24-41-22-31/h30-39H,1-29H2. The highest BCUT2D eigenvalue weighted by Gasteiger charge is 2.28. The van der Waals surface area contributed by atoms with Gasteiger partial charge >= 0.3 is 0 Å². The molecule has 44 heavy (non-hydrogen) atoms.